The minimum atomic E-state index is -1.13. The third-order valence-corrected chi connectivity index (χ3v) is 2.90. The number of carbonyl (C=O) groups is 1. The first-order chi connectivity index (χ1) is 7.15. The first-order valence-electron chi connectivity index (χ1n) is 5.14. The fraction of sp³-hybridized carbons (Fsp3) is 0.455. The Balaban J connectivity index is 2.73. The van der Waals surface area contributed by atoms with Crippen LogP contribution in [0.1, 0.15) is 35.0 Å². The lowest BCUT2D eigenvalue weighted by Crippen LogP contribution is -2.28. The van der Waals surface area contributed by atoms with Gasteiger partial charge in [0.2, 0.25) is 0 Å². The van der Waals surface area contributed by atoms with Crippen molar-refractivity contribution in [1.82, 2.24) is 4.57 Å². The Labute approximate surface area is 87.2 Å². The quantitative estimate of drug-likeness (QED) is 0.788. The van der Waals surface area contributed by atoms with Crippen LogP contribution in [0.15, 0.2) is 10.9 Å². The molecule has 1 aromatic heterocycles. The Hall–Kier alpha value is -1.58. The van der Waals surface area contributed by atoms with Crippen LogP contribution in [-0.2, 0) is 19.4 Å². The SMILES string of the molecule is CCn1c2c(cc(C(=O)O)c1=O)CCC2. The van der Waals surface area contributed by atoms with Gasteiger partial charge in [-0.15, -0.1) is 0 Å². The second kappa shape index (κ2) is 3.53. The van der Waals surface area contributed by atoms with Crippen LogP contribution in [0, 0.1) is 0 Å². The van der Waals surface area contributed by atoms with Crippen molar-refractivity contribution < 1.29 is 9.90 Å². The van der Waals surface area contributed by atoms with Crippen LogP contribution in [0.25, 0.3) is 0 Å². The molecule has 0 spiro atoms. The van der Waals surface area contributed by atoms with Crippen molar-refractivity contribution in [2.24, 2.45) is 0 Å². The van der Waals surface area contributed by atoms with Crippen molar-refractivity contribution in [3.05, 3.63) is 33.2 Å². The highest BCUT2D eigenvalue weighted by molar-refractivity contribution is 5.87. The highest BCUT2D eigenvalue weighted by Gasteiger charge is 2.20. The molecule has 0 atom stereocenters. The summed E-state index contributed by atoms with van der Waals surface area (Å²) in [4.78, 5) is 22.7. The lowest BCUT2D eigenvalue weighted by atomic mass is 10.1. The van der Waals surface area contributed by atoms with Crippen molar-refractivity contribution in [2.75, 3.05) is 0 Å². The zero-order valence-corrected chi connectivity index (χ0v) is 8.62. The fourth-order valence-corrected chi connectivity index (χ4v) is 2.21. The van der Waals surface area contributed by atoms with Gasteiger partial charge in [-0.25, -0.2) is 4.79 Å². The van der Waals surface area contributed by atoms with E-state index < -0.39 is 5.97 Å². The van der Waals surface area contributed by atoms with Crippen molar-refractivity contribution in [1.29, 1.82) is 0 Å². The number of rotatable bonds is 2. The van der Waals surface area contributed by atoms with E-state index in [1.54, 1.807) is 10.6 Å². The normalized spacial score (nSPS) is 13.9. The molecular formula is C11H13NO3. The molecule has 0 saturated carbocycles. The van der Waals surface area contributed by atoms with Crippen LogP contribution in [0.2, 0.25) is 0 Å². The van der Waals surface area contributed by atoms with E-state index in [1.165, 1.54) is 0 Å². The number of carboxylic acids is 1. The van der Waals surface area contributed by atoms with Gasteiger partial charge >= 0.3 is 5.97 Å². The standard InChI is InChI=1S/C11H13NO3/c1-2-12-9-5-3-4-7(9)6-8(10(12)13)11(14)15/h6H,2-5H2,1H3,(H,14,15). The van der Waals surface area contributed by atoms with Crippen LogP contribution in [0.4, 0.5) is 0 Å². The predicted octanol–water partition coefficient (Wildman–Crippen LogP) is 1.06. The molecule has 0 saturated heterocycles. The molecule has 0 radical (unpaired) electrons. The van der Waals surface area contributed by atoms with Crippen molar-refractivity contribution in [3.8, 4) is 0 Å². The van der Waals surface area contributed by atoms with Gasteiger partial charge in [-0.3, -0.25) is 4.79 Å². The predicted molar refractivity (Wildman–Crippen MR) is 55.4 cm³/mol. The molecule has 0 fully saturated rings. The second-order valence-electron chi connectivity index (χ2n) is 3.74. The minimum Gasteiger partial charge on any atom is -0.477 e. The summed E-state index contributed by atoms with van der Waals surface area (Å²) in [6.45, 7) is 2.41. The topological polar surface area (TPSA) is 59.3 Å². The van der Waals surface area contributed by atoms with Gasteiger partial charge in [0.25, 0.3) is 5.56 Å². The van der Waals surface area contributed by atoms with Gasteiger partial charge < -0.3 is 9.67 Å². The third-order valence-electron chi connectivity index (χ3n) is 2.90. The molecule has 0 aromatic carbocycles. The Morgan fingerprint density at radius 1 is 1.53 bits per heavy atom. The molecule has 1 aromatic rings. The number of aromatic nitrogens is 1. The van der Waals surface area contributed by atoms with E-state index in [-0.39, 0.29) is 11.1 Å². The molecule has 1 N–H and O–H groups in total. The van der Waals surface area contributed by atoms with Gasteiger partial charge in [-0.1, -0.05) is 0 Å². The van der Waals surface area contributed by atoms with Crippen LogP contribution < -0.4 is 5.56 Å². The summed E-state index contributed by atoms with van der Waals surface area (Å²) in [6, 6.07) is 1.54. The van der Waals surface area contributed by atoms with Crippen LogP contribution in [0.5, 0.6) is 0 Å². The molecule has 0 unspecified atom stereocenters. The van der Waals surface area contributed by atoms with Gasteiger partial charge in [-0.2, -0.15) is 0 Å². The summed E-state index contributed by atoms with van der Waals surface area (Å²) in [7, 11) is 0. The largest absolute Gasteiger partial charge is 0.477 e. The molecule has 0 bridgehead atoms. The second-order valence-corrected chi connectivity index (χ2v) is 3.74. The van der Waals surface area contributed by atoms with Gasteiger partial charge in [0.15, 0.2) is 0 Å². The molecule has 1 aliphatic carbocycles. The van der Waals surface area contributed by atoms with Gasteiger partial charge in [-0.05, 0) is 37.8 Å². The Morgan fingerprint density at radius 2 is 2.27 bits per heavy atom. The zero-order chi connectivity index (χ0) is 11.0. The zero-order valence-electron chi connectivity index (χ0n) is 8.62. The molecule has 4 heteroatoms. The van der Waals surface area contributed by atoms with E-state index in [1.807, 2.05) is 6.92 Å². The molecule has 80 valence electrons. The molecular weight excluding hydrogens is 194 g/mol. The van der Waals surface area contributed by atoms with E-state index in [9.17, 15) is 9.59 Å². The molecule has 2 rings (SSSR count). The Morgan fingerprint density at radius 3 is 2.87 bits per heavy atom. The molecule has 4 nitrogen and oxygen atoms in total. The van der Waals surface area contributed by atoms with Crippen LogP contribution >= 0.6 is 0 Å². The van der Waals surface area contributed by atoms with Crippen molar-refractivity contribution >= 4 is 5.97 Å². The summed E-state index contributed by atoms with van der Waals surface area (Å²) in [5.74, 6) is -1.13. The summed E-state index contributed by atoms with van der Waals surface area (Å²) in [5.41, 5.74) is 1.57. The third kappa shape index (κ3) is 1.46. The molecule has 1 aliphatic rings. The van der Waals surface area contributed by atoms with Crippen LogP contribution in [0.3, 0.4) is 0 Å². The van der Waals surface area contributed by atoms with Crippen molar-refractivity contribution in [3.63, 3.8) is 0 Å². The number of aryl methyl sites for hydroxylation is 1. The number of pyridine rings is 1. The molecule has 1 heterocycles. The number of fused-ring (bicyclic) bond motifs is 1. The average molecular weight is 207 g/mol. The van der Waals surface area contributed by atoms with Crippen LogP contribution in [-0.4, -0.2) is 15.6 Å². The number of aromatic carboxylic acids is 1. The number of carboxylic acid groups (broad SMARTS) is 1. The van der Waals surface area contributed by atoms with Gasteiger partial charge in [0.05, 0.1) is 0 Å². The van der Waals surface area contributed by atoms with E-state index in [4.69, 9.17) is 5.11 Å². The van der Waals surface area contributed by atoms with E-state index >= 15 is 0 Å². The lowest BCUT2D eigenvalue weighted by molar-refractivity contribution is 0.0694. The monoisotopic (exact) mass is 207 g/mol. The lowest BCUT2D eigenvalue weighted by Gasteiger charge is -2.10. The highest BCUT2D eigenvalue weighted by atomic mass is 16.4. The molecule has 0 amide bonds. The molecule has 15 heavy (non-hydrogen) atoms. The highest BCUT2D eigenvalue weighted by Crippen LogP contribution is 2.21. The van der Waals surface area contributed by atoms with Crippen molar-refractivity contribution in [2.45, 2.75) is 32.7 Å². The van der Waals surface area contributed by atoms with Gasteiger partial charge in [0.1, 0.15) is 5.56 Å². The Bertz CT molecular complexity index is 473. The maximum Gasteiger partial charge on any atom is 0.341 e. The van der Waals surface area contributed by atoms with Gasteiger partial charge in [0, 0.05) is 12.2 Å². The summed E-state index contributed by atoms with van der Waals surface area (Å²) >= 11 is 0. The Kier molecular flexibility index (Phi) is 2.34. The number of hydrogen-bond donors (Lipinski definition) is 1. The smallest absolute Gasteiger partial charge is 0.341 e. The average Bonchev–Trinajstić information content (AvgIpc) is 2.64. The number of nitrogens with zero attached hydrogens (tertiary/aromatic N) is 1. The van der Waals surface area contributed by atoms with E-state index in [0.29, 0.717) is 6.54 Å². The first-order valence-corrected chi connectivity index (χ1v) is 5.14. The maximum atomic E-state index is 11.8. The molecule has 0 aliphatic heterocycles. The fourth-order valence-electron chi connectivity index (χ4n) is 2.21. The number of hydrogen-bond acceptors (Lipinski definition) is 2. The summed E-state index contributed by atoms with van der Waals surface area (Å²) < 4.78 is 1.59. The summed E-state index contributed by atoms with van der Waals surface area (Å²) in [6.07, 6.45) is 2.78. The maximum absolute atomic E-state index is 11.8. The summed E-state index contributed by atoms with van der Waals surface area (Å²) in [5, 5.41) is 8.90. The first kappa shape index (κ1) is 9.96. The minimum absolute atomic E-state index is 0.0995. The van der Waals surface area contributed by atoms with E-state index in [2.05, 4.69) is 0 Å². The van der Waals surface area contributed by atoms with E-state index in [0.717, 1.165) is 30.5 Å².